The first-order chi connectivity index (χ1) is 9.60. The number of nitrogens with one attached hydrogen (secondary N) is 1. The van der Waals surface area contributed by atoms with Crippen LogP contribution < -0.4 is 5.32 Å². The molecular formula is C15H25N3O2. The Labute approximate surface area is 121 Å². The third-order valence-corrected chi connectivity index (χ3v) is 2.98. The number of hydrogen-bond acceptors (Lipinski definition) is 4. The molecule has 0 unspecified atom stereocenters. The van der Waals surface area contributed by atoms with E-state index in [1.54, 1.807) is 25.4 Å². The normalized spacial score (nSPS) is 10.7. The lowest BCUT2D eigenvalue weighted by Crippen LogP contribution is -2.39. The van der Waals surface area contributed by atoms with Crippen LogP contribution in [-0.2, 0) is 4.74 Å². The minimum atomic E-state index is 0.0130. The molecule has 0 radical (unpaired) electrons. The van der Waals surface area contributed by atoms with Crippen molar-refractivity contribution in [1.29, 1.82) is 0 Å². The summed E-state index contributed by atoms with van der Waals surface area (Å²) in [6, 6.07) is 3.69. The van der Waals surface area contributed by atoms with E-state index in [1.807, 2.05) is 18.7 Å². The molecule has 0 aliphatic carbocycles. The summed E-state index contributed by atoms with van der Waals surface area (Å²) < 4.78 is 5.07. The van der Waals surface area contributed by atoms with Gasteiger partial charge in [0.15, 0.2) is 0 Å². The standard InChI is InChI=1S/C15H25N3O2/c1-5-7-16-14-11-13(6-8-17-14)15(19)18(12(2)3)9-10-20-4/h6,8,11-12H,5,7,9-10H2,1-4H3,(H,16,17). The van der Waals surface area contributed by atoms with Gasteiger partial charge in [0.1, 0.15) is 5.82 Å². The van der Waals surface area contributed by atoms with Crippen molar-refractivity contribution in [2.75, 3.05) is 32.1 Å². The fraction of sp³-hybridized carbons (Fsp3) is 0.600. The summed E-state index contributed by atoms with van der Waals surface area (Å²) in [6.07, 6.45) is 2.69. The van der Waals surface area contributed by atoms with Crippen LogP contribution in [0.4, 0.5) is 5.82 Å². The first-order valence-electron chi connectivity index (χ1n) is 7.10. The highest BCUT2D eigenvalue weighted by molar-refractivity contribution is 5.95. The van der Waals surface area contributed by atoms with Crippen LogP contribution >= 0.6 is 0 Å². The van der Waals surface area contributed by atoms with Gasteiger partial charge in [-0.2, -0.15) is 0 Å². The first-order valence-corrected chi connectivity index (χ1v) is 7.10. The summed E-state index contributed by atoms with van der Waals surface area (Å²) in [5, 5.41) is 3.19. The van der Waals surface area contributed by atoms with Crippen LogP contribution in [-0.4, -0.2) is 48.6 Å². The maximum absolute atomic E-state index is 12.5. The molecule has 0 atom stereocenters. The summed E-state index contributed by atoms with van der Waals surface area (Å²) in [5.74, 6) is 0.757. The molecule has 1 N–H and O–H groups in total. The fourth-order valence-electron chi connectivity index (χ4n) is 1.86. The minimum absolute atomic E-state index is 0.0130. The molecule has 1 amide bonds. The molecular weight excluding hydrogens is 254 g/mol. The summed E-state index contributed by atoms with van der Waals surface area (Å²) in [7, 11) is 1.64. The van der Waals surface area contributed by atoms with Crippen LogP contribution in [0.2, 0.25) is 0 Å². The smallest absolute Gasteiger partial charge is 0.254 e. The molecule has 1 heterocycles. The molecule has 0 aliphatic rings. The predicted molar refractivity (Wildman–Crippen MR) is 81.1 cm³/mol. The quantitative estimate of drug-likeness (QED) is 0.794. The van der Waals surface area contributed by atoms with Gasteiger partial charge >= 0.3 is 0 Å². The van der Waals surface area contributed by atoms with Gasteiger partial charge in [-0.1, -0.05) is 6.92 Å². The molecule has 0 saturated carbocycles. The molecule has 0 aromatic carbocycles. The average Bonchev–Trinajstić information content (AvgIpc) is 2.45. The third kappa shape index (κ3) is 4.81. The highest BCUT2D eigenvalue weighted by Crippen LogP contribution is 2.12. The van der Waals surface area contributed by atoms with Crippen molar-refractivity contribution in [3.05, 3.63) is 23.9 Å². The Morgan fingerprint density at radius 3 is 2.85 bits per heavy atom. The molecule has 5 heteroatoms. The van der Waals surface area contributed by atoms with E-state index in [0.717, 1.165) is 18.8 Å². The van der Waals surface area contributed by atoms with E-state index in [-0.39, 0.29) is 11.9 Å². The number of amides is 1. The van der Waals surface area contributed by atoms with E-state index >= 15 is 0 Å². The zero-order chi connectivity index (χ0) is 15.0. The summed E-state index contributed by atoms with van der Waals surface area (Å²) >= 11 is 0. The Kier molecular flexibility index (Phi) is 7.01. The molecule has 1 aromatic heterocycles. The van der Waals surface area contributed by atoms with Gasteiger partial charge in [-0.3, -0.25) is 4.79 Å². The summed E-state index contributed by atoms with van der Waals surface area (Å²) in [4.78, 5) is 18.6. The maximum Gasteiger partial charge on any atom is 0.254 e. The van der Waals surface area contributed by atoms with E-state index in [1.165, 1.54) is 0 Å². The topological polar surface area (TPSA) is 54.5 Å². The van der Waals surface area contributed by atoms with Gasteiger partial charge in [0.05, 0.1) is 6.61 Å². The van der Waals surface area contributed by atoms with Crippen molar-refractivity contribution in [2.24, 2.45) is 0 Å². The molecule has 20 heavy (non-hydrogen) atoms. The Bertz CT molecular complexity index is 421. The number of aromatic nitrogens is 1. The zero-order valence-corrected chi connectivity index (χ0v) is 12.8. The average molecular weight is 279 g/mol. The lowest BCUT2D eigenvalue weighted by Gasteiger charge is -2.26. The predicted octanol–water partition coefficient (Wildman–Crippen LogP) is 2.40. The Balaban J connectivity index is 2.82. The second kappa shape index (κ2) is 8.53. The number of rotatable bonds is 8. The monoisotopic (exact) mass is 279 g/mol. The van der Waals surface area contributed by atoms with Crippen molar-refractivity contribution < 1.29 is 9.53 Å². The number of carbonyl (C=O) groups is 1. The van der Waals surface area contributed by atoms with Crippen LogP contribution in [0, 0.1) is 0 Å². The SMILES string of the molecule is CCCNc1cc(C(=O)N(CCOC)C(C)C)ccn1. The lowest BCUT2D eigenvalue weighted by atomic mass is 10.2. The second-order valence-corrected chi connectivity index (χ2v) is 4.94. The number of hydrogen-bond donors (Lipinski definition) is 1. The van der Waals surface area contributed by atoms with E-state index in [9.17, 15) is 4.79 Å². The van der Waals surface area contributed by atoms with Gasteiger partial charge in [-0.25, -0.2) is 4.98 Å². The van der Waals surface area contributed by atoms with Gasteiger partial charge in [0, 0.05) is 38.0 Å². The first kappa shape index (κ1) is 16.4. The second-order valence-electron chi connectivity index (χ2n) is 4.94. The molecule has 5 nitrogen and oxygen atoms in total. The van der Waals surface area contributed by atoms with Crippen molar-refractivity contribution in [3.63, 3.8) is 0 Å². The number of pyridine rings is 1. The zero-order valence-electron chi connectivity index (χ0n) is 12.8. The van der Waals surface area contributed by atoms with Crippen LogP contribution in [0.25, 0.3) is 0 Å². The fourth-order valence-corrected chi connectivity index (χ4v) is 1.86. The lowest BCUT2D eigenvalue weighted by molar-refractivity contribution is 0.0635. The maximum atomic E-state index is 12.5. The summed E-state index contributed by atoms with van der Waals surface area (Å²) in [5.41, 5.74) is 0.656. The van der Waals surface area contributed by atoms with Crippen molar-refractivity contribution in [2.45, 2.75) is 33.2 Å². The van der Waals surface area contributed by atoms with E-state index in [4.69, 9.17) is 4.74 Å². The minimum Gasteiger partial charge on any atom is -0.383 e. The van der Waals surface area contributed by atoms with E-state index < -0.39 is 0 Å². The van der Waals surface area contributed by atoms with Crippen molar-refractivity contribution >= 4 is 11.7 Å². The Morgan fingerprint density at radius 1 is 1.50 bits per heavy atom. The van der Waals surface area contributed by atoms with Crippen LogP contribution in [0.1, 0.15) is 37.6 Å². The largest absolute Gasteiger partial charge is 0.383 e. The number of anilines is 1. The number of nitrogens with zero attached hydrogens (tertiary/aromatic N) is 2. The van der Waals surface area contributed by atoms with Crippen LogP contribution in [0.3, 0.4) is 0 Å². The molecule has 0 bridgehead atoms. The van der Waals surface area contributed by atoms with Gasteiger partial charge in [0.25, 0.3) is 5.91 Å². The molecule has 0 fully saturated rings. The van der Waals surface area contributed by atoms with Gasteiger partial charge in [-0.15, -0.1) is 0 Å². The van der Waals surface area contributed by atoms with Crippen molar-refractivity contribution in [3.8, 4) is 0 Å². The van der Waals surface area contributed by atoms with Gasteiger partial charge < -0.3 is 15.0 Å². The van der Waals surface area contributed by atoms with E-state index in [0.29, 0.717) is 18.7 Å². The Hall–Kier alpha value is -1.62. The summed E-state index contributed by atoms with van der Waals surface area (Å²) in [6.45, 7) is 8.08. The molecule has 0 saturated heterocycles. The third-order valence-electron chi connectivity index (χ3n) is 2.98. The number of methoxy groups -OCH3 is 1. The molecule has 1 aromatic rings. The van der Waals surface area contributed by atoms with Gasteiger partial charge in [0.2, 0.25) is 0 Å². The molecule has 1 rings (SSSR count). The highest BCUT2D eigenvalue weighted by atomic mass is 16.5. The van der Waals surface area contributed by atoms with Crippen molar-refractivity contribution in [1.82, 2.24) is 9.88 Å². The molecule has 0 aliphatic heterocycles. The number of carbonyl (C=O) groups excluding carboxylic acids is 1. The van der Waals surface area contributed by atoms with Crippen LogP contribution in [0.5, 0.6) is 0 Å². The Morgan fingerprint density at radius 2 is 2.25 bits per heavy atom. The van der Waals surface area contributed by atoms with Crippen LogP contribution in [0.15, 0.2) is 18.3 Å². The van der Waals surface area contributed by atoms with E-state index in [2.05, 4.69) is 17.2 Å². The van der Waals surface area contributed by atoms with Gasteiger partial charge in [-0.05, 0) is 32.4 Å². The molecule has 112 valence electrons. The highest BCUT2D eigenvalue weighted by Gasteiger charge is 2.18. The molecule has 0 spiro atoms. The number of ether oxygens (including phenoxy) is 1.